The second-order valence-electron chi connectivity index (χ2n) is 8.26. The van der Waals surface area contributed by atoms with Crippen LogP contribution in [0.5, 0.6) is 11.5 Å². The minimum Gasteiger partial charge on any atom is -0.507 e. The third-order valence-electron chi connectivity index (χ3n) is 5.52. The van der Waals surface area contributed by atoms with Gasteiger partial charge >= 0.3 is 0 Å². The van der Waals surface area contributed by atoms with Gasteiger partial charge in [-0.3, -0.25) is 9.59 Å². The molecule has 0 radical (unpaired) electrons. The molecule has 0 bridgehead atoms. The molecule has 1 aliphatic heterocycles. The Labute approximate surface area is 194 Å². The summed E-state index contributed by atoms with van der Waals surface area (Å²) in [5, 5.41) is 11.2. The summed E-state index contributed by atoms with van der Waals surface area (Å²) in [5.74, 6) is -0.183. The van der Waals surface area contributed by atoms with Crippen molar-refractivity contribution in [2.45, 2.75) is 39.3 Å². The van der Waals surface area contributed by atoms with Crippen molar-refractivity contribution in [2.24, 2.45) is 0 Å². The maximum absolute atomic E-state index is 13.1. The van der Waals surface area contributed by atoms with Gasteiger partial charge in [0.1, 0.15) is 17.3 Å². The number of rotatable bonds is 9. The largest absolute Gasteiger partial charge is 0.507 e. The molecule has 0 saturated carbocycles. The summed E-state index contributed by atoms with van der Waals surface area (Å²) < 4.78 is 16.1. The Hall–Kier alpha value is -3.32. The van der Waals surface area contributed by atoms with Crippen molar-refractivity contribution < 1.29 is 28.9 Å². The summed E-state index contributed by atoms with van der Waals surface area (Å²) in [5.41, 5.74) is 2.05. The molecule has 1 aliphatic rings. The van der Waals surface area contributed by atoms with Crippen LogP contribution < -0.4 is 9.47 Å². The topological polar surface area (TPSA) is 85.3 Å². The molecule has 1 atom stereocenters. The molecule has 176 valence electrons. The van der Waals surface area contributed by atoms with E-state index in [1.807, 2.05) is 45.0 Å². The molecule has 2 aromatic carbocycles. The summed E-state index contributed by atoms with van der Waals surface area (Å²) in [6.45, 7) is 6.51. The van der Waals surface area contributed by atoms with Crippen LogP contribution in [0.15, 0.2) is 48.0 Å². The van der Waals surface area contributed by atoms with Gasteiger partial charge in [-0.2, -0.15) is 0 Å². The van der Waals surface area contributed by atoms with Crippen molar-refractivity contribution >= 4 is 17.4 Å². The summed E-state index contributed by atoms with van der Waals surface area (Å²) in [7, 11) is 3.16. The van der Waals surface area contributed by atoms with E-state index in [1.165, 1.54) is 4.90 Å². The lowest BCUT2D eigenvalue weighted by atomic mass is 9.94. The number of ether oxygens (including phenoxy) is 3. The summed E-state index contributed by atoms with van der Waals surface area (Å²) in [6, 6.07) is 11.7. The van der Waals surface area contributed by atoms with Gasteiger partial charge in [-0.1, -0.05) is 12.1 Å². The minimum atomic E-state index is -0.711. The monoisotopic (exact) mass is 453 g/mol. The number of likely N-dealkylation sites (tertiary alicyclic amines) is 1. The second kappa shape index (κ2) is 10.5. The number of carbonyl (C=O) groups is 2. The number of benzene rings is 2. The van der Waals surface area contributed by atoms with Crippen LogP contribution in [0.4, 0.5) is 0 Å². The van der Waals surface area contributed by atoms with E-state index in [0.717, 1.165) is 11.1 Å². The van der Waals surface area contributed by atoms with Gasteiger partial charge in [-0.15, -0.1) is 0 Å². The number of aryl methyl sites for hydroxylation is 1. The molecule has 0 spiro atoms. The van der Waals surface area contributed by atoms with Crippen molar-refractivity contribution in [1.29, 1.82) is 0 Å². The lowest BCUT2D eigenvalue weighted by Gasteiger charge is -2.25. The highest BCUT2D eigenvalue weighted by molar-refractivity contribution is 6.46. The SMILES string of the molecule is COCCCN1C(=O)C(=O)/C(=C(\O)c2ccc(OC)c(C)c2)C1c1ccc(OC(C)C)cc1. The van der Waals surface area contributed by atoms with Gasteiger partial charge in [0.15, 0.2) is 0 Å². The van der Waals surface area contributed by atoms with Crippen LogP contribution in [0.25, 0.3) is 5.76 Å². The van der Waals surface area contributed by atoms with E-state index in [9.17, 15) is 14.7 Å². The molecule has 0 aromatic heterocycles. The first-order valence-electron chi connectivity index (χ1n) is 11.0. The maximum Gasteiger partial charge on any atom is 0.295 e. The molecule has 1 N–H and O–H groups in total. The zero-order valence-electron chi connectivity index (χ0n) is 19.8. The predicted octanol–water partition coefficient (Wildman–Crippen LogP) is 4.25. The molecule has 1 amide bonds. The molecule has 0 aliphatic carbocycles. The van der Waals surface area contributed by atoms with Crippen LogP contribution in [0.1, 0.15) is 43.0 Å². The van der Waals surface area contributed by atoms with Gasteiger partial charge in [0.2, 0.25) is 0 Å². The van der Waals surface area contributed by atoms with E-state index in [-0.39, 0.29) is 17.4 Å². The number of aliphatic hydroxyl groups is 1. The quantitative estimate of drug-likeness (QED) is 0.264. The number of methoxy groups -OCH3 is 2. The maximum atomic E-state index is 13.1. The third-order valence-corrected chi connectivity index (χ3v) is 5.52. The number of Topliss-reactive ketones (excluding diaryl/α,β-unsaturated/α-hetero) is 1. The Kier molecular flexibility index (Phi) is 7.76. The fraction of sp³-hybridized carbons (Fsp3) is 0.385. The fourth-order valence-corrected chi connectivity index (χ4v) is 4.02. The minimum absolute atomic E-state index is 0.0221. The Bertz CT molecular complexity index is 1040. The summed E-state index contributed by atoms with van der Waals surface area (Å²) >= 11 is 0. The molecule has 1 unspecified atom stereocenters. The molecule has 7 nitrogen and oxygen atoms in total. The highest BCUT2D eigenvalue weighted by atomic mass is 16.5. The number of nitrogens with zero attached hydrogens (tertiary/aromatic N) is 1. The van der Waals surface area contributed by atoms with Crippen LogP contribution in [-0.2, 0) is 14.3 Å². The van der Waals surface area contributed by atoms with Crippen LogP contribution in [0, 0.1) is 6.92 Å². The van der Waals surface area contributed by atoms with Gasteiger partial charge in [0.05, 0.1) is 24.8 Å². The van der Waals surface area contributed by atoms with Crippen molar-refractivity contribution in [1.82, 2.24) is 4.90 Å². The Morgan fingerprint density at radius 1 is 1.09 bits per heavy atom. The van der Waals surface area contributed by atoms with E-state index in [2.05, 4.69) is 0 Å². The molecule has 1 saturated heterocycles. The average molecular weight is 454 g/mol. The first kappa shape index (κ1) is 24.3. The number of aliphatic hydroxyl groups excluding tert-OH is 1. The average Bonchev–Trinajstić information content (AvgIpc) is 3.04. The lowest BCUT2D eigenvalue weighted by Crippen LogP contribution is -2.31. The van der Waals surface area contributed by atoms with Gasteiger partial charge in [0, 0.05) is 25.8 Å². The molecule has 2 aromatic rings. The summed E-state index contributed by atoms with van der Waals surface area (Å²) in [4.78, 5) is 27.5. The second-order valence-corrected chi connectivity index (χ2v) is 8.26. The van der Waals surface area contributed by atoms with Crippen molar-refractivity contribution in [3.63, 3.8) is 0 Å². The first-order chi connectivity index (χ1) is 15.8. The van der Waals surface area contributed by atoms with Crippen molar-refractivity contribution in [3.8, 4) is 11.5 Å². The zero-order valence-corrected chi connectivity index (χ0v) is 19.8. The molecular weight excluding hydrogens is 422 g/mol. The number of carbonyl (C=O) groups excluding carboxylic acids is 2. The summed E-state index contributed by atoms with van der Waals surface area (Å²) in [6.07, 6.45) is 0.588. The van der Waals surface area contributed by atoms with Crippen LogP contribution in [-0.4, -0.2) is 55.2 Å². The van der Waals surface area contributed by atoms with E-state index >= 15 is 0 Å². The van der Waals surface area contributed by atoms with Gasteiger partial charge < -0.3 is 24.2 Å². The molecular formula is C26H31NO6. The highest BCUT2D eigenvalue weighted by Gasteiger charge is 2.45. The Morgan fingerprint density at radius 2 is 1.79 bits per heavy atom. The Balaban J connectivity index is 2.09. The van der Waals surface area contributed by atoms with Crippen molar-refractivity contribution in [3.05, 3.63) is 64.7 Å². The molecule has 33 heavy (non-hydrogen) atoms. The fourth-order valence-electron chi connectivity index (χ4n) is 4.02. The molecule has 3 rings (SSSR count). The van der Waals surface area contributed by atoms with E-state index in [4.69, 9.17) is 14.2 Å². The van der Waals surface area contributed by atoms with Crippen LogP contribution in [0.2, 0.25) is 0 Å². The number of hydrogen-bond donors (Lipinski definition) is 1. The van der Waals surface area contributed by atoms with Gasteiger partial charge in [0.25, 0.3) is 11.7 Å². The third kappa shape index (κ3) is 5.20. The standard InChI is InChI=1S/C26H31NO6/c1-16(2)33-20-10-7-18(8-11-20)23-22(25(29)26(30)27(23)13-6-14-31-4)24(28)19-9-12-21(32-5)17(3)15-19/h7-12,15-16,23,28H,6,13-14H2,1-5H3/b24-22-. The lowest BCUT2D eigenvalue weighted by molar-refractivity contribution is -0.140. The molecule has 1 fully saturated rings. The van der Waals surface area contributed by atoms with Crippen LogP contribution in [0.3, 0.4) is 0 Å². The highest BCUT2D eigenvalue weighted by Crippen LogP contribution is 2.40. The van der Waals surface area contributed by atoms with Gasteiger partial charge in [-0.25, -0.2) is 0 Å². The van der Waals surface area contributed by atoms with E-state index in [1.54, 1.807) is 32.4 Å². The molecule has 7 heteroatoms. The normalized spacial score (nSPS) is 17.6. The van der Waals surface area contributed by atoms with Crippen molar-refractivity contribution in [2.75, 3.05) is 27.4 Å². The number of amides is 1. The Morgan fingerprint density at radius 3 is 2.36 bits per heavy atom. The van der Waals surface area contributed by atoms with E-state index in [0.29, 0.717) is 36.6 Å². The number of hydrogen-bond acceptors (Lipinski definition) is 6. The zero-order chi connectivity index (χ0) is 24.1. The molecule has 1 heterocycles. The number of ketones is 1. The van der Waals surface area contributed by atoms with E-state index < -0.39 is 17.7 Å². The predicted molar refractivity (Wildman–Crippen MR) is 125 cm³/mol. The van der Waals surface area contributed by atoms with Crippen LogP contribution >= 0.6 is 0 Å². The van der Waals surface area contributed by atoms with Gasteiger partial charge in [-0.05, 0) is 68.7 Å². The first-order valence-corrected chi connectivity index (χ1v) is 11.0. The smallest absolute Gasteiger partial charge is 0.295 e.